The zero-order valence-corrected chi connectivity index (χ0v) is 23.3. The van der Waals surface area contributed by atoms with Gasteiger partial charge in [-0.2, -0.15) is 0 Å². The molecule has 0 spiro atoms. The molecule has 0 heterocycles. The maximum Gasteiger partial charge on any atom is 0.0784 e. The van der Waals surface area contributed by atoms with Crippen LogP contribution in [0.2, 0.25) is 0 Å². The van der Waals surface area contributed by atoms with Crippen LogP contribution in [0.4, 0.5) is 0 Å². The summed E-state index contributed by atoms with van der Waals surface area (Å²) in [7, 11) is 2.58. The number of nitrogens with zero attached hydrogens (tertiary/aromatic N) is 1. The van der Waals surface area contributed by atoms with Crippen LogP contribution < -0.4 is 12.4 Å². The molecule has 0 N–H and O–H groups in total. The van der Waals surface area contributed by atoms with Gasteiger partial charge in [-0.1, -0.05) is 124 Å². The van der Waals surface area contributed by atoms with E-state index in [1.165, 1.54) is 165 Å². The van der Waals surface area contributed by atoms with Crippen molar-refractivity contribution in [1.29, 1.82) is 0 Å². The lowest BCUT2D eigenvalue weighted by atomic mass is 10.1. The van der Waals surface area contributed by atoms with Gasteiger partial charge in [0.1, 0.15) is 0 Å². The smallest absolute Gasteiger partial charge is 0.0784 e. The van der Waals surface area contributed by atoms with Crippen LogP contribution in [-0.2, 0) is 0 Å². The van der Waals surface area contributed by atoms with E-state index in [0.717, 1.165) is 0 Å². The van der Waals surface area contributed by atoms with Crippen LogP contribution in [0.3, 0.4) is 0 Å². The minimum absolute atomic E-state index is 0. The van der Waals surface area contributed by atoms with Crippen LogP contribution in [0.15, 0.2) is 0 Å². The molecule has 190 valence electrons. The molecule has 0 saturated heterocycles. The summed E-state index contributed by atoms with van der Waals surface area (Å²) >= 11 is 0. The molecule has 31 heavy (non-hydrogen) atoms. The maximum atomic E-state index is 2.58. The van der Waals surface area contributed by atoms with Gasteiger partial charge >= 0.3 is 0 Å². The lowest BCUT2D eigenvalue weighted by Crippen LogP contribution is -3.00. The van der Waals surface area contributed by atoms with E-state index in [9.17, 15) is 0 Å². The Kier molecular flexibility index (Phi) is 28.6. The van der Waals surface area contributed by atoms with Crippen LogP contribution >= 0.6 is 0 Å². The molecule has 0 aromatic carbocycles. The number of halogens is 1. The van der Waals surface area contributed by atoms with Crippen molar-refractivity contribution in [3.05, 3.63) is 0 Å². The molecule has 1 nitrogen and oxygen atoms in total. The highest BCUT2D eigenvalue weighted by Crippen LogP contribution is 2.17. The van der Waals surface area contributed by atoms with Crippen molar-refractivity contribution in [2.24, 2.45) is 0 Å². The molecule has 0 rings (SSSR count). The minimum atomic E-state index is 0. The Bertz CT molecular complexity index is 298. The van der Waals surface area contributed by atoms with Gasteiger partial charge in [0.25, 0.3) is 0 Å². The van der Waals surface area contributed by atoms with Crippen molar-refractivity contribution in [2.45, 2.75) is 162 Å². The third-order valence-electron chi connectivity index (χ3n) is 7.15. The predicted octanol–water partition coefficient (Wildman–Crippen LogP) is 7.08. The highest BCUT2D eigenvalue weighted by molar-refractivity contribution is 4.52. The van der Waals surface area contributed by atoms with Crippen molar-refractivity contribution in [1.82, 2.24) is 0 Å². The Balaban J connectivity index is 0. The molecule has 0 saturated carbocycles. The number of hydrogen-bond donors (Lipinski definition) is 0. The molecule has 0 bridgehead atoms. The van der Waals surface area contributed by atoms with E-state index in [4.69, 9.17) is 0 Å². The maximum absolute atomic E-state index is 2.58. The highest BCUT2D eigenvalue weighted by atomic mass is 35.5. The molecular weight excluding hydrogens is 398 g/mol. The first-order valence-electron chi connectivity index (χ1n) is 14.5. The van der Waals surface area contributed by atoms with E-state index in [1.807, 2.05) is 0 Å². The van der Waals surface area contributed by atoms with Gasteiger partial charge in [0.05, 0.1) is 26.7 Å². The van der Waals surface area contributed by atoms with Crippen molar-refractivity contribution in [2.75, 3.05) is 26.7 Å². The Hall–Kier alpha value is 0.250. The Morgan fingerprint density at radius 2 is 0.516 bits per heavy atom. The number of rotatable bonds is 25. The van der Waals surface area contributed by atoms with Crippen LogP contribution in [-0.4, -0.2) is 31.2 Å². The highest BCUT2D eigenvalue weighted by Gasteiger charge is 2.20. The lowest BCUT2D eigenvalue weighted by Gasteiger charge is -2.35. The monoisotopic (exact) mass is 459 g/mol. The SMILES string of the molecule is CCCCCCCCCC[N+](C)(CCCCCCCC)CCCCCCCCCC.[Cl-]. The van der Waals surface area contributed by atoms with Crippen molar-refractivity contribution in [3.63, 3.8) is 0 Å². The second-order valence-corrected chi connectivity index (χ2v) is 10.5. The summed E-state index contributed by atoms with van der Waals surface area (Å²) < 4.78 is 1.36. The topological polar surface area (TPSA) is 0 Å². The average Bonchev–Trinajstić information content (AvgIpc) is 2.74. The van der Waals surface area contributed by atoms with E-state index in [-0.39, 0.29) is 12.4 Å². The summed E-state index contributed by atoms with van der Waals surface area (Å²) in [5.74, 6) is 0. The van der Waals surface area contributed by atoms with Crippen molar-refractivity contribution < 1.29 is 16.9 Å². The Morgan fingerprint density at radius 3 is 0.742 bits per heavy atom. The third kappa shape index (κ3) is 24.7. The first kappa shape index (κ1) is 33.4. The standard InChI is InChI=1S/C29H62N.ClH/c1-5-8-11-14-17-19-22-25-28-30(4,27-24-21-16-13-10-7-3)29-26-23-20-18-15-12-9-6-2;/h5-29H2,1-4H3;1H/q+1;/p-1. The van der Waals surface area contributed by atoms with Gasteiger partial charge in [0, 0.05) is 0 Å². The second-order valence-electron chi connectivity index (χ2n) is 10.5. The zero-order chi connectivity index (χ0) is 22.2. The van der Waals surface area contributed by atoms with Gasteiger partial charge in [0.2, 0.25) is 0 Å². The number of quaternary nitrogens is 1. The molecule has 0 fully saturated rings. The quantitative estimate of drug-likeness (QED) is 0.101. The van der Waals surface area contributed by atoms with E-state index in [1.54, 1.807) is 0 Å². The molecule has 0 radical (unpaired) electrons. The fourth-order valence-corrected chi connectivity index (χ4v) is 4.86. The van der Waals surface area contributed by atoms with E-state index >= 15 is 0 Å². The van der Waals surface area contributed by atoms with Gasteiger partial charge in [-0.15, -0.1) is 0 Å². The molecule has 0 aromatic rings. The zero-order valence-electron chi connectivity index (χ0n) is 22.5. The molecule has 0 atom stereocenters. The first-order valence-corrected chi connectivity index (χ1v) is 14.5. The summed E-state index contributed by atoms with van der Waals surface area (Å²) in [5, 5.41) is 0. The van der Waals surface area contributed by atoms with Crippen molar-refractivity contribution >= 4 is 0 Å². The van der Waals surface area contributed by atoms with Crippen LogP contribution in [0.1, 0.15) is 162 Å². The van der Waals surface area contributed by atoms with Crippen LogP contribution in [0.5, 0.6) is 0 Å². The first-order chi connectivity index (χ1) is 14.7. The van der Waals surface area contributed by atoms with Gasteiger partial charge in [-0.05, 0) is 38.5 Å². The minimum Gasteiger partial charge on any atom is -1.00 e. The van der Waals surface area contributed by atoms with Gasteiger partial charge in [-0.3, -0.25) is 0 Å². The number of hydrogen-bond acceptors (Lipinski definition) is 0. The molecule has 0 aromatic heterocycles. The summed E-state index contributed by atoms with van der Waals surface area (Å²) in [5.41, 5.74) is 0. The lowest BCUT2D eigenvalue weighted by molar-refractivity contribution is -0.910. The second kappa shape index (κ2) is 26.5. The molecule has 0 amide bonds. The van der Waals surface area contributed by atoms with Gasteiger partial charge in [-0.25, -0.2) is 0 Å². The summed E-state index contributed by atoms with van der Waals surface area (Å²) in [6.45, 7) is 11.2. The van der Waals surface area contributed by atoms with E-state index in [2.05, 4.69) is 27.8 Å². The summed E-state index contributed by atoms with van der Waals surface area (Å²) in [6.07, 6.45) is 31.8. The van der Waals surface area contributed by atoms with E-state index in [0.29, 0.717) is 0 Å². The van der Waals surface area contributed by atoms with Gasteiger partial charge < -0.3 is 16.9 Å². The fourth-order valence-electron chi connectivity index (χ4n) is 4.86. The predicted molar refractivity (Wildman–Crippen MR) is 139 cm³/mol. The molecule has 0 unspecified atom stereocenters. The molecule has 0 aliphatic carbocycles. The summed E-state index contributed by atoms with van der Waals surface area (Å²) in [6, 6.07) is 0. The Labute approximate surface area is 205 Å². The number of unbranched alkanes of at least 4 members (excludes halogenated alkanes) is 19. The van der Waals surface area contributed by atoms with Gasteiger partial charge in [0.15, 0.2) is 0 Å². The molecule has 0 aliphatic rings. The normalized spacial score (nSPS) is 11.6. The van der Waals surface area contributed by atoms with Crippen LogP contribution in [0, 0.1) is 0 Å². The summed E-state index contributed by atoms with van der Waals surface area (Å²) in [4.78, 5) is 0. The molecule has 0 aliphatic heterocycles. The van der Waals surface area contributed by atoms with E-state index < -0.39 is 0 Å². The molecule has 2 heteroatoms. The molecular formula is C29H62ClN. The average molecular weight is 460 g/mol. The third-order valence-corrected chi connectivity index (χ3v) is 7.15. The largest absolute Gasteiger partial charge is 1.00 e. The van der Waals surface area contributed by atoms with Crippen LogP contribution in [0.25, 0.3) is 0 Å². The Morgan fingerprint density at radius 1 is 0.323 bits per heavy atom. The fraction of sp³-hybridized carbons (Fsp3) is 1.00. The van der Waals surface area contributed by atoms with Crippen molar-refractivity contribution in [3.8, 4) is 0 Å².